The molecule has 0 aliphatic rings. The first-order valence-corrected chi connectivity index (χ1v) is 7.36. The number of carbonyl (C=O) groups is 1. The van der Waals surface area contributed by atoms with E-state index in [4.69, 9.17) is 5.73 Å². The van der Waals surface area contributed by atoms with Crippen LogP contribution in [0, 0.1) is 0 Å². The first-order chi connectivity index (χ1) is 10.2. The molecule has 4 rings (SSSR count). The molecule has 2 N–H and O–H groups in total. The Bertz CT molecular complexity index is 983. The van der Waals surface area contributed by atoms with Crippen LogP contribution in [0.25, 0.3) is 27.0 Å². The molecular weight excluding hydrogens is 282 g/mol. The Morgan fingerprint density at radius 2 is 2.05 bits per heavy atom. The quantitative estimate of drug-likeness (QED) is 0.616. The number of hydrogen-bond acceptors (Lipinski definition) is 3. The molecule has 4 nitrogen and oxygen atoms in total. The highest BCUT2D eigenvalue weighted by atomic mass is 32.1. The van der Waals surface area contributed by atoms with Crippen molar-refractivity contribution in [2.24, 2.45) is 5.73 Å². The average Bonchev–Trinajstić information content (AvgIpc) is 3.09. The van der Waals surface area contributed by atoms with Crippen LogP contribution >= 0.6 is 11.3 Å². The van der Waals surface area contributed by atoms with Crippen LogP contribution in [0.5, 0.6) is 0 Å². The van der Waals surface area contributed by atoms with Crippen LogP contribution in [0.3, 0.4) is 0 Å². The minimum atomic E-state index is -0.464. The number of fused-ring (bicyclic) bond motifs is 2. The molecule has 21 heavy (non-hydrogen) atoms. The van der Waals surface area contributed by atoms with Gasteiger partial charge in [-0.05, 0) is 22.9 Å². The fourth-order valence-corrected chi connectivity index (χ4v) is 3.49. The molecule has 0 aliphatic carbocycles. The van der Waals surface area contributed by atoms with E-state index in [1.165, 1.54) is 10.8 Å². The smallest absolute Gasteiger partial charge is 0.252 e. The van der Waals surface area contributed by atoms with E-state index in [1.54, 1.807) is 23.5 Å². The van der Waals surface area contributed by atoms with Crippen molar-refractivity contribution in [2.45, 2.75) is 0 Å². The molecule has 0 unspecified atom stereocenters. The lowest BCUT2D eigenvalue weighted by atomic mass is 10.2. The summed E-state index contributed by atoms with van der Waals surface area (Å²) >= 11 is 1.65. The predicted octanol–water partition coefficient (Wildman–Crippen LogP) is 3.31. The Morgan fingerprint density at radius 1 is 1.19 bits per heavy atom. The Labute approximate surface area is 124 Å². The molecule has 1 amide bonds. The van der Waals surface area contributed by atoms with Gasteiger partial charge in [0.05, 0.1) is 16.1 Å². The van der Waals surface area contributed by atoms with E-state index in [1.807, 2.05) is 28.9 Å². The molecule has 0 saturated heterocycles. The predicted molar refractivity (Wildman–Crippen MR) is 84.5 cm³/mol. The molecule has 0 bridgehead atoms. The third-order valence-electron chi connectivity index (χ3n) is 3.49. The summed E-state index contributed by atoms with van der Waals surface area (Å²) < 4.78 is 1.84. The Morgan fingerprint density at radius 3 is 2.90 bits per heavy atom. The van der Waals surface area contributed by atoms with Crippen molar-refractivity contribution in [2.75, 3.05) is 0 Å². The van der Waals surface area contributed by atoms with E-state index in [0.29, 0.717) is 11.2 Å². The number of nitrogens with two attached hydrogens (primary N) is 1. The van der Waals surface area contributed by atoms with Gasteiger partial charge in [-0.1, -0.05) is 24.3 Å². The average molecular weight is 293 g/mol. The number of nitrogens with zero attached hydrogens (tertiary/aromatic N) is 2. The monoisotopic (exact) mass is 293 g/mol. The van der Waals surface area contributed by atoms with Gasteiger partial charge in [0, 0.05) is 17.8 Å². The number of rotatable bonds is 2. The summed E-state index contributed by atoms with van der Waals surface area (Å²) in [5.41, 5.74) is 7.29. The number of hydrogen-bond donors (Lipinski definition) is 1. The van der Waals surface area contributed by atoms with Crippen molar-refractivity contribution in [3.8, 4) is 10.6 Å². The largest absolute Gasteiger partial charge is 0.365 e. The molecule has 102 valence electrons. The molecule has 4 aromatic rings. The van der Waals surface area contributed by atoms with E-state index < -0.39 is 5.91 Å². The normalized spacial score (nSPS) is 11.2. The van der Waals surface area contributed by atoms with Gasteiger partial charge in [-0.2, -0.15) is 0 Å². The number of amides is 1. The van der Waals surface area contributed by atoms with Gasteiger partial charge in [0.2, 0.25) is 0 Å². The lowest BCUT2D eigenvalue weighted by molar-refractivity contribution is 0.100. The van der Waals surface area contributed by atoms with Crippen LogP contribution in [-0.2, 0) is 0 Å². The summed E-state index contributed by atoms with van der Waals surface area (Å²) in [5.74, 6) is -0.464. The summed E-state index contributed by atoms with van der Waals surface area (Å²) in [6.45, 7) is 0. The molecule has 1 aromatic carbocycles. The maximum Gasteiger partial charge on any atom is 0.252 e. The van der Waals surface area contributed by atoms with Gasteiger partial charge in [-0.15, -0.1) is 11.3 Å². The van der Waals surface area contributed by atoms with Gasteiger partial charge in [0.1, 0.15) is 5.65 Å². The van der Waals surface area contributed by atoms with Gasteiger partial charge in [-0.3, -0.25) is 4.79 Å². The summed E-state index contributed by atoms with van der Waals surface area (Å²) in [4.78, 5) is 17.2. The Balaban J connectivity index is 1.99. The molecular formula is C16H11N3OS. The maximum absolute atomic E-state index is 11.5. The molecule has 3 heterocycles. The molecule has 0 aliphatic heterocycles. The van der Waals surface area contributed by atoms with Gasteiger partial charge in [0.25, 0.3) is 5.91 Å². The van der Waals surface area contributed by atoms with E-state index >= 15 is 0 Å². The molecule has 0 radical (unpaired) electrons. The van der Waals surface area contributed by atoms with Crippen LogP contribution in [0.2, 0.25) is 0 Å². The van der Waals surface area contributed by atoms with Crippen LogP contribution in [0.4, 0.5) is 0 Å². The van der Waals surface area contributed by atoms with Crippen LogP contribution < -0.4 is 5.73 Å². The SMILES string of the molecule is NC(=O)c1cccn2cc(-c3scc4ccccc34)nc12. The van der Waals surface area contributed by atoms with Crippen LogP contribution in [0.15, 0.2) is 54.2 Å². The molecule has 0 spiro atoms. The van der Waals surface area contributed by atoms with Crippen molar-refractivity contribution in [1.82, 2.24) is 9.38 Å². The number of pyridine rings is 1. The number of carbonyl (C=O) groups excluding carboxylic acids is 1. The fourth-order valence-electron chi connectivity index (χ4n) is 2.51. The van der Waals surface area contributed by atoms with E-state index in [-0.39, 0.29) is 0 Å². The van der Waals surface area contributed by atoms with Crippen LogP contribution in [0.1, 0.15) is 10.4 Å². The second-order valence-corrected chi connectivity index (χ2v) is 5.67. The highest BCUT2D eigenvalue weighted by Gasteiger charge is 2.14. The third kappa shape index (κ3) is 1.82. The second kappa shape index (κ2) is 4.43. The number of benzene rings is 1. The van der Waals surface area contributed by atoms with Gasteiger partial charge >= 0.3 is 0 Å². The summed E-state index contributed by atoms with van der Waals surface area (Å²) in [6.07, 6.45) is 3.80. The van der Waals surface area contributed by atoms with Crippen molar-refractivity contribution in [1.29, 1.82) is 0 Å². The van der Waals surface area contributed by atoms with E-state index in [2.05, 4.69) is 22.5 Å². The van der Waals surface area contributed by atoms with Crippen molar-refractivity contribution in [3.63, 3.8) is 0 Å². The number of thiophene rings is 1. The Kier molecular flexibility index (Phi) is 2.55. The van der Waals surface area contributed by atoms with Crippen molar-refractivity contribution in [3.05, 3.63) is 59.7 Å². The minimum absolute atomic E-state index is 0.435. The molecule has 0 saturated carbocycles. The lowest BCUT2D eigenvalue weighted by Gasteiger charge is -1.97. The minimum Gasteiger partial charge on any atom is -0.365 e. The zero-order chi connectivity index (χ0) is 14.4. The fraction of sp³-hybridized carbons (Fsp3) is 0. The number of imidazole rings is 1. The van der Waals surface area contributed by atoms with Gasteiger partial charge < -0.3 is 10.1 Å². The Hall–Kier alpha value is -2.66. The van der Waals surface area contributed by atoms with Gasteiger partial charge in [0.15, 0.2) is 0 Å². The van der Waals surface area contributed by atoms with E-state index in [0.717, 1.165) is 10.6 Å². The van der Waals surface area contributed by atoms with Crippen LogP contribution in [-0.4, -0.2) is 15.3 Å². The second-order valence-electron chi connectivity index (χ2n) is 4.80. The molecule has 0 fully saturated rings. The summed E-state index contributed by atoms with van der Waals surface area (Å²) in [7, 11) is 0. The first kappa shape index (κ1) is 12.1. The van der Waals surface area contributed by atoms with E-state index in [9.17, 15) is 4.79 Å². The van der Waals surface area contributed by atoms with Gasteiger partial charge in [-0.25, -0.2) is 4.98 Å². The lowest BCUT2D eigenvalue weighted by Crippen LogP contribution is -2.12. The molecule has 0 atom stereocenters. The van der Waals surface area contributed by atoms with Crippen molar-refractivity contribution < 1.29 is 4.79 Å². The highest BCUT2D eigenvalue weighted by Crippen LogP contribution is 2.34. The summed E-state index contributed by atoms with van der Waals surface area (Å²) in [6, 6.07) is 11.7. The zero-order valence-corrected chi connectivity index (χ0v) is 11.8. The zero-order valence-electron chi connectivity index (χ0n) is 11.0. The summed E-state index contributed by atoms with van der Waals surface area (Å²) in [5, 5.41) is 4.49. The maximum atomic E-state index is 11.5. The first-order valence-electron chi connectivity index (χ1n) is 6.48. The number of primary amides is 1. The standard InChI is InChI=1S/C16H11N3OS/c17-15(20)12-6-3-7-19-8-13(18-16(12)19)14-11-5-2-1-4-10(11)9-21-14/h1-9H,(H2,17,20). The number of aromatic nitrogens is 2. The molecule has 3 aromatic heterocycles. The van der Waals surface area contributed by atoms with Crippen molar-refractivity contribution >= 4 is 33.7 Å². The third-order valence-corrected chi connectivity index (χ3v) is 4.53. The highest BCUT2D eigenvalue weighted by molar-refractivity contribution is 7.15. The molecule has 5 heteroatoms. The topological polar surface area (TPSA) is 60.4 Å².